The van der Waals surface area contributed by atoms with Crippen LogP contribution in [0.3, 0.4) is 0 Å². The Hall–Kier alpha value is -1.69. The molecule has 0 spiro atoms. The minimum atomic E-state index is -0.515. The van der Waals surface area contributed by atoms with Gasteiger partial charge in [0, 0.05) is 6.20 Å². The highest BCUT2D eigenvalue weighted by molar-refractivity contribution is 5.44. The van der Waals surface area contributed by atoms with Crippen molar-refractivity contribution in [1.82, 2.24) is 4.98 Å². The third kappa shape index (κ3) is 1.41. The summed E-state index contributed by atoms with van der Waals surface area (Å²) >= 11 is 0. The summed E-state index contributed by atoms with van der Waals surface area (Å²) in [6.07, 6.45) is 2.61. The SMILES string of the molecule is C=Cc1ncc(C#N)cc1F. The fourth-order valence-corrected chi connectivity index (χ4v) is 0.660. The number of halogens is 1. The first-order chi connectivity index (χ1) is 5.27. The van der Waals surface area contributed by atoms with E-state index in [1.165, 1.54) is 12.3 Å². The van der Waals surface area contributed by atoms with E-state index in [-0.39, 0.29) is 11.3 Å². The molecule has 0 unspecified atom stereocenters. The largest absolute Gasteiger partial charge is 0.252 e. The summed E-state index contributed by atoms with van der Waals surface area (Å²) < 4.78 is 12.8. The van der Waals surface area contributed by atoms with E-state index < -0.39 is 5.82 Å². The molecule has 0 aliphatic carbocycles. The number of hydrogen-bond acceptors (Lipinski definition) is 2. The predicted octanol–water partition coefficient (Wildman–Crippen LogP) is 1.74. The lowest BCUT2D eigenvalue weighted by Crippen LogP contribution is -1.88. The summed E-state index contributed by atoms with van der Waals surface area (Å²) in [6.45, 7) is 3.36. The number of rotatable bonds is 1. The molecule has 0 radical (unpaired) electrons. The highest BCUT2D eigenvalue weighted by atomic mass is 19.1. The smallest absolute Gasteiger partial charge is 0.150 e. The van der Waals surface area contributed by atoms with Crippen molar-refractivity contribution in [3.8, 4) is 6.07 Å². The second-order valence-corrected chi connectivity index (χ2v) is 1.91. The molecule has 1 heterocycles. The van der Waals surface area contributed by atoms with Gasteiger partial charge in [-0.25, -0.2) is 4.39 Å². The number of nitriles is 1. The topological polar surface area (TPSA) is 36.7 Å². The fraction of sp³-hybridized carbons (Fsp3) is 0. The first-order valence-electron chi connectivity index (χ1n) is 2.96. The van der Waals surface area contributed by atoms with Crippen LogP contribution in [-0.2, 0) is 0 Å². The summed E-state index contributed by atoms with van der Waals surface area (Å²) in [5.41, 5.74) is 0.386. The van der Waals surface area contributed by atoms with Crippen molar-refractivity contribution in [3.05, 3.63) is 35.9 Å². The number of pyridine rings is 1. The summed E-state index contributed by atoms with van der Waals surface area (Å²) in [7, 11) is 0. The minimum absolute atomic E-state index is 0.170. The van der Waals surface area contributed by atoms with Crippen LogP contribution >= 0.6 is 0 Å². The van der Waals surface area contributed by atoms with Gasteiger partial charge in [0.05, 0.1) is 11.3 Å². The molecule has 54 valence electrons. The van der Waals surface area contributed by atoms with E-state index in [0.29, 0.717) is 0 Å². The Kier molecular flexibility index (Phi) is 1.98. The van der Waals surface area contributed by atoms with Crippen LogP contribution in [0.5, 0.6) is 0 Å². The van der Waals surface area contributed by atoms with Crippen LogP contribution in [0.4, 0.5) is 4.39 Å². The highest BCUT2D eigenvalue weighted by Gasteiger charge is 1.99. The van der Waals surface area contributed by atoms with Crippen LogP contribution < -0.4 is 0 Å². The zero-order valence-electron chi connectivity index (χ0n) is 5.71. The average molecular weight is 148 g/mol. The van der Waals surface area contributed by atoms with Crippen molar-refractivity contribution in [3.63, 3.8) is 0 Å². The third-order valence-electron chi connectivity index (χ3n) is 1.19. The lowest BCUT2D eigenvalue weighted by Gasteiger charge is -1.93. The molecule has 0 fully saturated rings. The summed E-state index contributed by atoms with van der Waals surface area (Å²) in [5, 5.41) is 8.34. The van der Waals surface area contributed by atoms with Crippen LogP contribution in [0.2, 0.25) is 0 Å². The van der Waals surface area contributed by atoms with Gasteiger partial charge in [0.2, 0.25) is 0 Å². The molecule has 2 nitrogen and oxygen atoms in total. The number of aromatic nitrogens is 1. The molecule has 0 N–H and O–H groups in total. The van der Waals surface area contributed by atoms with Crippen molar-refractivity contribution >= 4 is 6.08 Å². The molecule has 0 aromatic carbocycles. The van der Waals surface area contributed by atoms with Crippen LogP contribution in [0.15, 0.2) is 18.8 Å². The van der Waals surface area contributed by atoms with Gasteiger partial charge < -0.3 is 0 Å². The Bertz CT molecular complexity index is 325. The van der Waals surface area contributed by atoms with Crippen molar-refractivity contribution in [2.75, 3.05) is 0 Å². The zero-order valence-corrected chi connectivity index (χ0v) is 5.71. The van der Waals surface area contributed by atoms with Gasteiger partial charge in [0.1, 0.15) is 11.9 Å². The summed E-state index contributed by atoms with van der Waals surface area (Å²) in [6, 6.07) is 2.91. The summed E-state index contributed by atoms with van der Waals surface area (Å²) in [4.78, 5) is 3.65. The van der Waals surface area contributed by atoms with Crippen molar-refractivity contribution in [2.24, 2.45) is 0 Å². The van der Waals surface area contributed by atoms with Gasteiger partial charge in [-0.1, -0.05) is 6.58 Å². The Labute approximate surface area is 63.6 Å². The van der Waals surface area contributed by atoms with E-state index >= 15 is 0 Å². The van der Waals surface area contributed by atoms with Gasteiger partial charge in [0.15, 0.2) is 0 Å². The predicted molar refractivity (Wildman–Crippen MR) is 39.0 cm³/mol. The molecule has 1 rings (SSSR count). The standard InChI is InChI=1S/C8H5FN2/c1-2-8-7(9)3-6(4-10)5-11-8/h2-3,5H,1H2. The maximum absolute atomic E-state index is 12.8. The van der Waals surface area contributed by atoms with Gasteiger partial charge in [0.25, 0.3) is 0 Å². The molecule has 1 aromatic rings. The number of nitrogens with zero attached hydrogens (tertiary/aromatic N) is 2. The van der Waals surface area contributed by atoms with Crippen molar-refractivity contribution < 1.29 is 4.39 Å². The Morgan fingerprint density at radius 3 is 2.91 bits per heavy atom. The maximum atomic E-state index is 12.8. The molecule has 0 atom stereocenters. The molecule has 0 aliphatic rings. The normalized spacial score (nSPS) is 8.73. The van der Waals surface area contributed by atoms with E-state index in [9.17, 15) is 4.39 Å². The molecule has 0 aliphatic heterocycles. The first-order valence-corrected chi connectivity index (χ1v) is 2.96. The van der Waals surface area contributed by atoms with Crippen molar-refractivity contribution in [2.45, 2.75) is 0 Å². The molecule has 3 heteroatoms. The van der Waals surface area contributed by atoms with Crippen LogP contribution in [0.25, 0.3) is 6.08 Å². The van der Waals surface area contributed by atoms with E-state index in [1.807, 2.05) is 0 Å². The Morgan fingerprint density at radius 1 is 1.73 bits per heavy atom. The van der Waals surface area contributed by atoms with Crippen LogP contribution in [-0.4, -0.2) is 4.98 Å². The van der Waals surface area contributed by atoms with Crippen LogP contribution in [0.1, 0.15) is 11.3 Å². The first kappa shape index (κ1) is 7.42. The van der Waals surface area contributed by atoms with Crippen LogP contribution in [0, 0.1) is 17.1 Å². The molecule has 1 aromatic heterocycles. The zero-order chi connectivity index (χ0) is 8.27. The van der Waals surface area contributed by atoms with Crippen molar-refractivity contribution in [1.29, 1.82) is 5.26 Å². The Balaban J connectivity index is 3.22. The Morgan fingerprint density at radius 2 is 2.45 bits per heavy atom. The lowest BCUT2D eigenvalue weighted by molar-refractivity contribution is 0.617. The summed E-state index contributed by atoms with van der Waals surface area (Å²) in [5.74, 6) is -0.515. The molecule has 0 saturated heterocycles. The molecule has 11 heavy (non-hydrogen) atoms. The van der Waals surface area contributed by atoms with E-state index in [0.717, 1.165) is 6.07 Å². The van der Waals surface area contributed by atoms with Gasteiger partial charge in [-0.05, 0) is 12.1 Å². The molecule has 0 amide bonds. The second kappa shape index (κ2) is 2.93. The monoisotopic (exact) mass is 148 g/mol. The molecule has 0 bridgehead atoms. The van der Waals surface area contributed by atoms with Gasteiger partial charge in [-0.15, -0.1) is 0 Å². The fourth-order valence-electron chi connectivity index (χ4n) is 0.660. The average Bonchev–Trinajstić information content (AvgIpc) is 2.04. The number of hydrogen-bond donors (Lipinski definition) is 0. The highest BCUT2D eigenvalue weighted by Crippen LogP contribution is 2.06. The van der Waals surface area contributed by atoms with E-state index in [2.05, 4.69) is 11.6 Å². The van der Waals surface area contributed by atoms with E-state index in [1.54, 1.807) is 6.07 Å². The molecule has 0 saturated carbocycles. The second-order valence-electron chi connectivity index (χ2n) is 1.91. The lowest BCUT2D eigenvalue weighted by atomic mass is 10.2. The third-order valence-corrected chi connectivity index (χ3v) is 1.19. The van der Waals surface area contributed by atoms with Gasteiger partial charge in [-0.2, -0.15) is 5.26 Å². The molecular formula is C8H5FN2. The quantitative estimate of drug-likeness (QED) is 0.608. The van der Waals surface area contributed by atoms with Gasteiger partial charge >= 0.3 is 0 Å². The minimum Gasteiger partial charge on any atom is -0.252 e. The van der Waals surface area contributed by atoms with Gasteiger partial charge in [-0.3, -0.25) is 4.98 Å². The molecular weight excluding hydrogens is 143 g/mol. The maximum Gasteiger partial charge on any atom is 0.150 e. The van der Waals surface area contributed by atoms with E-state index in [4.69, 9.17) is 5.26 Å².